The van der Waals surface area contributed by atoms with Crippen LogP contribution in [-0.2, 0) is 4.79 Å². The van der Waals surface area contributed by atoms with Crippen molar-refractivity contribution in [2.24, 2.45) is 17.8 Å². The van der Waals surface area contributed by atoms with E-state index in [-0.39, 0.29) is 11.8 Å². The van der Waals surface area contributed by atoms with Crippen LogP contribution >= 0.6 is 0 Å². The van der Waals surface area contributed by atoms with Crippen molar-refractivity contribution in [3.63, 3.8) is 0 Å². The topological polar surface area (TPSA) is 29.1 Å². The number of nitrogens with one attached hydrogen (secondary N) is 1. The fraction of sp³-hybridized carbons (Fsp3) is 0.438. The van der Waals surface area contributed by atoms with E-state index in [0.29, 0.717) is 11.8 Å². The zero-order valence-electron chi connectivity index (χ0n) is 10.5. The van der Waals surface area contributed by atoms with Crippen LogP contribution in [-0.4, -0.2) is 5.91 Å². The number of amides is 1. The first kappa shape index (κ1) is 11.5. The average Bonchev–Trinajstić information content (AvgIpc) is 3.02. The lowest BCUT2D eigenvalue weighted by molar-refractivity contribution is -0.117. The lowest BCUT2D eigenvalue weighted by atomic mass is 10.1. The van der Waals surface area contributed by atoms with Crippen LogP contribution in [0.25, 0.3) is 0 Å². The summed E-state index contributed by atoms with van der Waals surface area (Å²) in [6.45, 7) is 0. The molecule has 0 saturated heterocycles. The molecule has 2 heteroatoms. The molecule has 0 spiro atoms. The van der Waals surface area contributed by atoms with Gasteiger partial charge in [0.05, 0.1) is 0 Å². The Labute approximate surface area is 108 Å². The fourth-order valence-corrected chi connectivity index (χ4v) is 3.18. The molecule has 1 N–H and O–H groups in total. The van der Waals surface area contributed by atoms with Crippen LogP contribution in [0.4, 0.5) is 5.69 Å². The van der Waals surface area contributed by atoms with Crippen LogP contribution < -0.4 is 5.32 Å². The second-order valence-corrected chi connectivity index (χ2v) is 5.33. The van der Waals surface area contributed by atoms with E-state index in [0.717, 1.165) is 18.5 Å². The second kappa shape index (κ2) is 4.97. The molecule has 1 aromatic rings. The highest BCUT2D eigenvalue weighted by atomic mass is 16.2. The van der Waals surface area contributed by atoms with Crippen LogP contribution in [0.2, 0.25) is 0 Å². The minimum Gasteiger partial charge on any atom is -0.326 e. The van der Waals surface area contributed by atoms with Crippen molar-refractivity contribution >= 4 is 11.6 Å². The number of anilines is 1. The Hall–Kier alpha value is -1.57. The van der Waals surface area contributed by atoms with E-state index in [1.807, 2.05) is 30.3 Å². The molecule has 2 atom stereocenters. The first-order valence-corrected chi connectivity index (χ1v) is 6.87. The molecule has 1 amide bonds. The van der Waals surface area contributed by atoms with Gasteiger partial charge in [0, 0.05) is 11.6 Å². The van der Waals surface area contributed by atoms with Gasteiger partial charge < -0.3 is 5.32 Å². The van der Waals surface area contributed by atoms with E-state index in [1.54, 1.807) is 0 Å². The van der Waals surface area contributed by atoms with Gasteiger partial charge in [-0.2, -0.15) is 0 Å². The summed E-state index contributed by atoms with van der Waals surface area (Å²) in [7, 11) is 0. The van der Waals surface area contributed by atoms with Gasteiger partial charge in [-0.3, -0.25) is 4.79 Å². The summed E-state index contributed by atoms with van der Waals surface area (Å²) >= 11 is 0. The van der Waals surface area contributed by atoms with Crippen LogP contribution in [0.15, 0.2) is 42.5 Å². The Morgan fingerprint density at radius 2 is 1.61 bits per heavy atom. The van der Waals surface area contributed by atoms with Crippen molar-refractivity contribution < 1.29 is 4.79 Å². The predicted octanol–water partition coefficient (Wildman–Crippen LogP) is 3.62. The van der Waals surface area contributed by atoms with Crippen LogP contribution in [0.3, 0.4) is 0 Å². The molecule has 0 bridgehead atoms. The van der Waals surface area contributed by atoms with E-state index >= 15 is 0 Å². The number of carbonyl (C=O) groups is 1. The highest BCUT2D eigenvalue weighted by Crippen LogP contribution is 2.53. The van der Waals surface area contributed by atoms with Gasteiger partial charge in [0.1, 0.15) is 0 Å². The number of hydrogen-bond acceptors (Lipinski definition) is 1. The van der Waals surface area contributed by atoms with E-state index in [1.165, 1.54) is 12.8 Å². The summed E-state index contributed by atoms with van der Waals surface area (Å²) in [5, 5.41) is 3.04. The number of carbonyl (C=O) groups excluding carboxylic acids is 1. The van der Waals surface area contributed by atoms with Gasteiger partial charge in [0.2, 0.25) is 5.91 Å². The lowest BCUT2D eigenvalue weighted by Crippen LogP contribution is -2.15. The van der Waals surface area contributed by atoms with Crippen molar-refractivity contribution in [2.75, 3.05) is 5.32 Å². The zero-order valence-corrected chi connectivity index (χ0v) is 10.5. The van der Waals surface area contributed by atoms with Gasteiger partial charge in [-0.25, -0.2) is 0 Å². The van der Waals surface area contributed by atoms with Gasteiger partial charge in [-0.05, 0) is 49.7 Å². The highest BCUT2D eigenvalue weighted by Gasteiger charge is 2.53. The summed E-state index contributed by atoms with van der Waals surface area (Å²) in [5.41, 5.74) is 0.917. The quantitative estimate of drug-likeness (QED) is 0.787. The monoisotopic (exact) mass is 241 g/mol. The van der Waals surface area contributed by atoms with E-state index in [4.69, 9.17) is 0 Å². The minimum atomic E-state index is 0.220. The Kier molecular flexibility index (Phi) is 3.18. The maximum atomic E-state index is 12.2. The normalized spacial score (nSPS) is 31.7. The standard InChI is InChI=1S/C16H19NO/c18-16(17-12-8-4-3-5-9-12)15-13-10-6-1-2-7-11-14(13)15/h1-5,8-9,13-15H,6-7,10-11H2,(H,17,18)/b2-1-. The van der Waals surface area contributed by atoms with Crippen LogP contribution in [0, 0.1) is 17.8 Å². The lowest BCUT2D eigenvalue weighted by Gasteiger charge is -2.04. The third kappa shape index (κ3) is 2.33. The molecule has 3 rings (SSSR count). The van der Waals surface area contributed by atoms with E-state index in [9.17, 15) is 4.79 Å². The van der Waals surface area contributed by atoms with Gasteiger partial charge in [-0.1, -0.05) is 30.4 Å². The van der Waals surface area contributed by atoms with Crippen LogP contribution in [0.5, 0.6) is 0 Å². The predicted molar refractivity (Wildman–Crippen MR) is 73.1 cm³/mol. The summed E-state index contributed by atoms with van der Waals surface area (Å²) < 4.78 is 0. The maximum Gasteiger partial charge on any atom is 0.228 e. The Morgan fingerprint density at radius 1 is 1.00 bits per heavy atom. The molecule has 0 radical (unpaired) electrons. The molecular formula is C16H19NO. The molecule has 0 heterocycles. The van der Waals surface area contributed by atoms with Crippen molar-refractivity contribution in [1.29, 1.82) is 0 Å². The molecule has 0 aliphatic heterocycles. The number of para-hydroxylation sites is 1. The van der Waals surface area contributed by atoms with Crippen molar-refractivity contribution in [1.82, 2.24) is 0 Å². The number of benzene rings is 1. The third-order valence-corrected chi connectivity index (χ3v) is 4.18. The average molecular weight is 241 g/mol. The van der Waals surface area contributed by atoms with Gasteiger partial charge in [0.15, 0.2) is 0 Å². The van der Waals surface area contributed by atoms with Crippen molar-refractivity contribution in [3.8, 4) is 0 Å². The summed E-state index contributed by atoms with van der Waals surface area (Å²) in [6.07, 6.45) is 9.15. The van der Waals surface area contributed by atoms with Gasteiger partial charge >= 0.3 is 0 Å². The van der Waals surface area contributed by atoms with Crippen molar-refractivity contribution in [2.45, 2.75) is 25.7 Å². The molecule has 94 valence electrons. The van der Waals surface area contributed by atoms with E-state index in [2.05, 4.69) is 17.5 Å². The van der Waals surface area contributed by atoms with Gasteiger partial charge in [-0.15, -0.1) is 0 Å². The summed E-state index contributed by atoms with van der Waals surface area (Å²) in [6, 6.07) is 9.77. The molecule has 1 fully saturated rings. The third-order valence-electron chi connectivity index (χ3n) is 4.18. The van der Waals surface area contributed by atoms with E-state index < -0.39 is 0 Å². The SMILES string of the molecule is O=C(Nc1ccccc1)C1C2CC/C=C\CCC21. The number of hydrogen-bond donors (Lipinski definition) is 1. The maximum absolute atomic E-state index is 12.2. The van der Waals surface area contributed by atoms with Crippen molar-refractivity contribution in [3.05, 3.63) is 42.5 Å². The zero-order chi connectivity index (χ0) is 12.4. The first-order chi connectivity index (χ1) is 8.86. The number of allylic oxidation sites excluding steroid dienone is 2. The molecular weight excluding hydrogens is 222 g/mol. The molecule has 1 saturated carbocycles. The Balaban J connectivity index is 1.61. The molecule has 2 aliphatic rings. The molecule has 0 aromatic heterocycles. The summed E-state index contributed by atoms with van der Waals surface area (Å²) in [4.78, 5) is 12.2. The molecule has 2 nitrogen and oxygen atoms in total. The molecule has 1 aromatic carbocycles. The largest absolute Gasteiger partial charge is 0.326 e. The Morgan fingerprint density at radius 3 is 2.22 bits per heavy atom. The fourth-order valence-electron chi connectivity index (χ4n) is 3.18. The van der Waals surface area contributed by atoms with Crippen LogP contribution in [0.1, 0.15) is 25.7 Å². The smallest absolute Gasteiger partial charge is 0.228 e. The minimum absolute atomic E-state index is 0.220. The molecule has 2 aliphatic carbocycles. The molecule has 18 heavy (non-hydrogen) atoms. The summed E-state index contributed by atoms with van der Waals surface area (Å²) in [5.74, 6) is 1.72. The first-order valence-electron chi connectivity index (χ1n) is 6.87. The highest BCUT2D eigenvalue weighted by molar-refractivity contribution is 5.94. The van der Waals surface area contributed by atoms with Gasteiger partial charge in [0.25, 0.3) is 0 Å². The second-order valence-electron chi connectivity index (χ2n) is 5.33. The Bertz CT molecular complexity index is 435. The molecule has 2 unspecified atom stereocenters. The number of rotatable bonds is 2. The number of fused-ring (bicyclic) bond motifs is 1.